The van der Waals surface area contributed by atoms with Crippen LogP contribution in [0, 0.1) is 10.1 Å². The number of rotatable bonds is 4. The van der Waals surface area contributed by atoms with Crippen molar-refractivity contribution in [3.8, 4) is 0 Å². The van der Waals surface area contributed by atoms with Crippen LogP contribution in [0.15, 0.2) is 12.3 Å². The molecule has 1 N–H and O–H groups in total. The Bertz CT molecular complexity index is 453. The number of alkyl halides is 3. The van der Waals surface area contributed by atoms with Gasteiger partial charge in [-0.15, -0.1) is 0 Å². The third-order valence-electron chi connectivity index (χ3n) is 1.95. The molecule has 0 aliphatic carbocycles. The average Bonchev–Trinajstić information content (AvgIpc) is 2.17. The second-order valence-corrected chi connectivity index (χ2v) is 4.08. The number of aromatic nitrogens is 1. The second kappa shape index (κ2) is 5.38. The van der Waals surface area contributed by atoms with Crippen LogP contribution < -0.4 is 5.32 Å². The van der Waals surface area contributed by atoms with E-state index in [-0.39, 0.29) is 10.8 Å². The van der Waals surface area contributed by atoms with Gasteiger partial charge in [-0.2, -0.15) is 13.2 Å². The molecule has 1 heterocycles. The van der Waals surface area contributed by atoms with Crippen molar-refractivity contribution in [2.24, 2.45) is 0 Å². The van der Waals surface area contributed by atoms with Crippen molar-refractivity contribution >= 4 is 23.1 Å². The van der Waals surface area contributed by atoms with Gasteiger partial charge in [0.1, 0.15) is 0 Å². The minimum absolute atomic E-state index is 0.0377. The summed E-state index contributed by atoms with van der Waals surface area (Å²) in [5, 5.41) is 13.1. The summed E-state index contributed by atoms with van der Waals surface area (Å²) < 4.78 is 36.3. The molecule has 0 radical (unpaired) electrons. The zero-order valence-electron chi connectivity index (χ0n) is 9.16. The molecule has 9 heteroatoms. The molecule has 0 aromatic carbocycles. The monoisotopic (exact) mass is 283 g/mol. The number of pyridine rings is 1. The smallest absolute Gasteiger partial charge is 0.362 e. The molecular formula is C9H9ClF3N3O2. The van der Waals surface area contributed by atoms with Crippen LogP contribution in [0.2, 0.25) is 5.02 Å². The van der Waals surface area contributed by atoms with Crippen LogP contribution >= 0.6 is 11.6 Å². The number of nitro groups is 1. The van der Waals surface area contributed by atoms with Crippen LogP contribution in [0.25, 0.3) is 0 Å². The van der Waals surface area contributed by atoms with Gasteiger partial charge in [0.05, 0.1) is 16.4 Å². The van der Waals surface area contributed by atoms with Gasteiger partial charge in [-0.05, 0) is 6.92 Å². The fraction of sp³-hybridized carbons (Fsp3) is 0.444. The Balaban J connectivity index is 2.87. The summed E-state index contributed by atoms with van der Waals surface area (Å²) in [5.74, 6) is -0.235. The van der Waals surface area contributed by atoms with Crippen molar-refractivity contribution in [3.05, 3.63) is 27.4 Å². The number of hydrogen-bond acceptors (Lipinski definition) is 4. The Morgan fingerprint density at radius 1 is 1.61 bits per heavy atom. The lowest BCUT2D eigenvalue weighted by atomic mass is 10.2. The standard InChI is InChI=1S/C9H9ClF3N3O2/c1-5(3-9(11,12)13)15-8-7(16(17)18)2-6(10)4-14-8/h2,4-5H,3H2,1H3,(H,14,15). The highest BCUT2D eigenvalue weighted by atomic mass is 35.5. The molecule has 1 aromatic rings. The Hall–Kier alpha value is -1.57. The van der Waals surface area contributed by atoms with E-state index < -0.39 is 29.2 Å². The maximum atomic E-state index is 12.1. The number of halogens is 4. The summed E-state index contributed by atoms with van der Waals surface area (Å²) in [4.78, 5) is 13.5. The predicted molar refractivity (Wildman–Crippen MR) is 59.7 cm³/mol. The molecule has 1 aromatic heterocycles. The SMILES string of the molecule is CC(CC(F)(F)F)Nc1ncc(Cl)cc1[N+](=O)[O-]. The fourth-order valence-electron chi connectivity index (χ4n) is 1.31. The maximum Gasteiger partial charge on any atom is 0.391 e. The molecule has 100 valence electrons. The second-order valence-electron chi connectivity index (χ2n) is 3.64. The Morgan fingerprint density at radius 3 is 2.72 bits per heavy atom. The topological polar surface area (TPSA) is 68.1 Å². The van der Waals surface area contributed by atoms with Gasteiger partial charge in [0.15, 0.2) is 0 Å². The van der Waals surface area contributed by atoms with Gasteiger partial charge in [0, 0.05) is 18.3 Å². The quantitative estimate of drug-likeness (QED) is 0.679. The van der Waals surface area contributed by atoms with Gasteiger partial charge in [-0.1, -0.05) is 11.6 Å². The van der Waals surface area contributed by atoms with E-state index in [9.17, 15) is 23.3 Å². The molecule has 0 amide bonds. The lowest BCUT2D eigenvalue weighted by molar-refractivity contribution is -0.384. The fourth-order valence-corrected chi connectivity index (χ4v) is 1.46. The third kappa shape index (κ3) is 4.36. The van der Waals surface area contributed by atoms with Gasteiger partial charge >= 0.3 is 11.9 Å². The minimum Gasteiger partial charge on any atom is -0.362 e. The number of nitrogens with zero attached hydrogens (tertiary/aromatic N) is 2. The molecule has 0 fully saturated rings. The van der Waals surface area contributed by atoms with E-state index in [0.717, 1.165) is 12.3 Å². The van der Waals surface area contributed by atoms with E-state index in [1.807, 2.05) is 0 Å². The highest BCUT2D eigenvalue weighted by Crippen LogP contribution is 2.28. The molecule has 0 saturated heterocycles. The first-order valence-corrected chi connectivity index (χ1v) is 5.20. The minimum atomic E-state index is -4.35. The van der Waals surface area contributed by atoms with Gasteiger partial charge in [-0.25, -0.2) is 4.98 Å². The maximum absolute atomic E-state index is 12.1. The van der Waals surface area contributed by atoms with Gasteiger partial charge < -0.3 is 5.32 Å². The van der Waals surface area contributed by atoms with Crippen molar-refractivity contribution in [2.75, 3.05) is 5.32 Å². The van der Waals surface area contributed by atoms with Crippen molar-refractivity contribution < 1.29 is 18.1 Å². The largest absolute Gasteiger partial charge is 0.391 e. The molecule has 1 unspecified atom stereocenters. The normalized spacial score (nSPS) is 13.2. The van der Waals surface area contributed by atoms with Crippen molar-refractivity contribution in [1.29, 1.82) is 0 Å². The molecular weight excluding hydrogens is 275 g/mol. The summed E-state index contributed by atoms with van der Waals surface area (Å²) >= 11 is 5.53. The van der Waals surface area contributed by atoms with Crippen LogP contribution in [-0.2, 0) is 0 Å². The van der Waals surface area contributed by atoms with Crippen molar-refractivity contribution in [1.82, 2.24) is 4.98 Å². The van der Waals surface area contributed by atoms with E-state index in [1.54, 1.807) is 0 Å². The summed E-state index contributed by atoms with van der Waals surface area (Å²) in [6.45, 7) is 1.26. The summed E-state index contributed by atoms with van der Waals surface area (Å²) in [6, 6.07) is -0.00521. The summed E-state index contributed by atoms with van der Waals surface area (Å²) in [6.07, 6.45) is -4.35. The molecule has 0 spiro atoms. The zero-order chi connectivity index (χ0) is 13.9. The molecule has 0 bridgehead atoms. The van der Waals surface area contributed by atoms with Crippen LogP contribution in [-0.4, -0.2) is 22.1 Å². The third-order valence-corrected chi connectivity index (χ3v) is 2.16. The van der Waals surface area contributed by atoms with Crippen LogP contribution in [0.5, 0.6) is 0 Å². The van der Waals surface area contributed by atoms with Gasteiger partial charge in [0.2, 0.25) is 5.82 Å². The van der Waals surface area contributed by atoms with Gasteiger partial charge in [0.25, 0.3) is 0 Å². The summed E-state index contributed by atoms with van der Waals surface area (Å²) in [7, 11) is 0. The number of nitrogens with one attached hydrogen (secondary N) is 1. The van der Waals surface area contributed by atoms with E-state index in [0.29, 0.717) is 0 Å². The molecule has 0 saturated carbocycles. The van der Waals surface area contributed by atoms with Crippen LogP contribution in [0.1, 0.15) is 13.3 Å². The van der Waals surface area contributed by atoms with E-state index in [2.05, 4.69) is 10.3 Å². The summed E-state index contributed by atoms with van der Waals surface area (Å²) in [5.41, 5.74) is -0.462. The van der Waals surface area contributed by atoms with E-state index in [4.69, 9.17) is 11.6 Å². The first-order chi connectivity index (χ1) is 8.19. The zero-order valence-corrected chi connectivity index (χ0v) is 9.92. The molecule has 18 heavy (non-hydrogen) atoms. The molecule has 1 rings (SSSR count). The number of hydrogen-bond donors (Lipinski definition) is 1. The lowest BCUT2D eigenvalue weighted by Crippen LogP contribution is -2.24. The first kappa shape index (κ1) is 14.5. The van der Waals surface area contributed by atoms with Crippen molar-refractivity contribution in [2.45, 2.75) is 25.6 Å². The van der Waals surface area contributed by atoms with E-state index in [1.165, 1.54) is 6.92 Å². The van der Waals surface area contributed by atoms with Gasteiger partial charge in [-0.3, -0.25) is 10.1 Å². The highest BCUT2D eigenvalue weighted by Gasteiger charge is 2.31. The molecule has 1 atom stereocenters. The highest BCUT2D eigenvalue weighted by molar-refractivity contribution is 6.30. The number of anilines is 1. The Morgan fingerprint density at radius 2 is 2.22 bits per heavy atom. The lowest BCUT2D eigenvalue weighted by Gasteiger charge is -2.16. The molecule has 5 nitrogen and oxygen atoms in total. The van der Waals surface area contributed by atoms with E-state index >= 15 is 0 Å². The molecule has 0 aliphatic rings. The first-order valence-electron chi connectivity index (χ1n) is 4.82. The average molecular weight is 284 g/mol. The predicted octanol–water partition coefficient (Wildman–Crippen LogP) is 3.40. The Kier molecular flexibility index (Phi) is 4.33. The van der Waals surface area contributed by atoms with Crippen LogP contribution in [0.3, 0.4) is 0 Å². The Labute approximate surface area is 105 Å². The van der Waals surface area contributed by atoms with Crippen LogP contribution in [0.4, 0.5) is 24.7 Å². The van der Waals surface area contributed by atoms with Crippen molar-refractivity contribution in [3.63, 3.8) is 0 Å². The molecule has 0 aliphatic heterocycles.